The number of piperidine rings is 1. The first-order valence-corrected chi connectivity index (χ1v) is 7.71. The number of aromatic nitrogens is 2. The van der Waals surface area contributed by atoms with Crippen LogP contribution in [-0.2, 0) is 6.42 Å². The summed E-state index contributed by atoms with van der Waals surface area (Å²) in [5.41, 5.74) is 7.75. The largest absolute Gasteiger partial charge is 0.395 e. The van der Waals surface area contributed by atoms with E-state index in [0.717, 1.165) is 38.0 Å². The van der Waals surface area contributed by atoms with Crippen LogP contribution in [0.4, 0.5) is 5.69 Å². The van der Waals surface area contributed by atoms with E-state index in [9.17, 15) is 4.79 Å². The summed E-state index contributed by atoms with van der Waals surface area (Å²) in [6.07, 6.45) is 2.68. The molecule has 0 aromatic carbocycles. The second kappa shape index (κ2) is 6.05. The zero-order chi connectivity index (χ0) is 15.6. The minimum atomic E-state index is -0.169. The number of nitrogens with zero attached hydrogens (tertiary/aromatic N) is 2. The lowest BCUT2D eigenvalue weighted by molar-refractivity contribution is 0.0810. The molecule has 1 fully saturated rings. The predicted octanol–water partition coefficient (Wildman–Crippen LogP) is 1.55. The number of anilines is 1. The van der Waals surface area contributed by atoms with Gasteiger partial charge in [0.15, 0.2) is 5.69 Å². The molecule has 6 nitrogen and oxygen atoms in total. The van der Waals surface area contributed by atoms with Crippen LogP contribution in [0.3, 0.4) is 0 Å². The summed E-state index contributed by atoms with van der Waals surface area (Å²) in [4.78, 5) is 14.7. The van der Waals surface area contributed by atoms with E-state index < -0.39 is 0 Å². The molecule has 1 aromatic heterocycles. The highest BCUT2D eigenvalue weighted by atomic mass is 16.2. The van der Waals surface area contributed by atoms with Gasteiger partial charge >= 0.3 is 0 Å². The first-order valence-electron chi connectivity index (χ1n) is 7.71. The molecule has 0 spiro atoms. The molecule has 0 saturated carbocycles. The van der Waals surface area contributed by atoms with E-state index in [2.05, 4.69) is 41.2 Å². The van der Waals surface area contributed by atoms with Gasteiger partial charge in [-0.2, -0.15) is 5.10 Å². The van der Waals surface area contributed by atoms with Crippen molar-refractivity contribution in [2.75, 3.05) is 18.8 Å². The molecular formula is C15H27N5O. The molecule has 6 heteroatoms. The number of nitrogens with two attached hydrogens (primary N) is 1. The zero-order valence-corrected chi connectivity index (χ0v) is 13.5. The van der Waals surface area contributed by atoms with Crippen LogP contribution in [-0.4, -0.2) is 45.7 Å². The van der Waals surface area contributed by atoms with Gasteiger partial charge in [-0.1, -0.05) is 6.92 Å². The van der Waals surface area contributed by atoms with Gasteiger partial charge in [-0.05, 0) is 40.0 Å². The quantitative estimate of drug-likeness (QED) is 0.789. The summed E-state index contributed by atoms with van der Waals surface area (Å²) in [5.74, 6) is -0.169. The highest BCUT2D eigenvalue weighted by Crippen LogP contribution is 2.21. The predicted molar refractivity (Wildman–Crippen MR) is 84.2 cm³/mol. The lowest BCUT2D eigenvalue weighted by Gasteiger charge is -2.40. The van der Waals surface area contributed by atoms with Crippen molar-refractivity contribution in [1.29, 1.82) is 0 Å². The van der Waals surface area contributed by atoms with Crippen LogP contribution in [0.2, 0.25) is 0 Å². The second-order valence-corrected chi connectivity index (χ2v) is 6.72. The Morgan fingerprint density at radius 1 is 1.43 bits per heavy atom. The summed E-state index contributed by atoms with van der Waals surface area (Å²) in [5, 5.41) is 9.92. The number of aromatic amines is 1. The number of nitrogen functional groups attached to an aromatic ring is 1. The number of carbonyl (C=O) groups is 1. The topological polar surface area (TPSA) is 87.0 Å². The lowest BCUT2D eigenvalue weighted by atomic mass is 9.98. The van der Waals surface area contributed by atoms with Crippen LogP contribution >= 0.6 is 0 Å². The van der Waals surface area contributed by atoms with E-state index in [0.29, 0.717) is 11.4 Å². The Kier molecular flexibility index (Phi) is 4.56. The van der Waals surface area contributed by atoms with Crippen molar-refractivity contribution >= 4 is 11.6 Å². The fourth-order valence-corrected chi connectivity index (χ4v) is 2.78. The van der Waals surface area contributed by atoms with Crippen LogP contribution in [0.5, 0.6) is 0 Å². The summed E-state index contributed by atoms with van der Waals surface area (Å²) < 4.78 is 0. The van der Waals surface area contributed by atoms with Gasteiger partial charge in [0.05, 0.1) is 11.4 Å². The van der Waals surface area contributed by atoms with Gasteiger partial charge in [-0.3, -0.25) is 14.8 Å². The molecule has 21 heavy (non-hydrogen) atoms. The third-order valence-corrected chi connectivity index (χ3v) is 4.23. The Labute approximate surface area is 126 Å². The minimum absolute atomic E-state index is 0.169. The van der Waals surface area contributed by atoms with Gasteiger partial charge in [0.1, 0.15) is 0 Å². The summed E-state index contributed by atoms with van der Waals surface area (Å²) >= 11 is 0. The zero-order valence-electron chi connectivity index (χ0n) is 13.5. The molecule has 1 aliphatic heterocycles. The van der Waals surface area contributed by atoms with Crippen molar-refractivity contribution in [3.05, 3.63) is 11.4 Å². The first-order chi connectivity index (χ1) is 9.82. The molecule has 2 heterocycles. The van der Waals surface area contributed by atoms with E-state index in [4.69, 9.17) is 5.73 Å². The van der Waals surface area contributed by atoms with Gasteiger partial charge in [-0.15, -0.1) is 0 Å². The molecule has 0 aliphatic carbocycles. The lowest BCUT2D eigenvalue weighted by Crippen LogP contribution is -2.50. The van der Waals surface area contributed by atoms with Gasteiger partial charge in [0.25, 0.3) is 5.91 Å². The standard InChI is InChI=1S/C15H27N5O/c1-5-11-12(16)13(19-18-11)14(21)17-10-6-8-20(9-7-10)15(2,3)4/h10H,5-9,16H2,1-4H3,(H,17,21)(H,18,19). The number of hydrogen-bond donors (Lipinski definition) is 3. The number of H-pyrrole nitrogens is 1. The first kappa shape index (κ1) is 15.8. The summed E-state index contributed by atoms with van der Waals surface area (Å²) in [7, 11) is 0. The van der Waals surface area contributed by atoms with Crippen molar-refractivity contribution in [1.82, 2.24) is 20.4 Å². The molecule has 0 bridgehead atoms. The molecule has 118 valence electrons. The van der Waals surface area contributed by atoms with Crippen LogP contribution < -0.4 is 11.1 Å². The van der Waals surface area contributed by atoms with Crippen molar-refractivity contribution in [3.8, 4) is 0 Å². The number of amides is 1. The molecule has 4 N–H and O–H groups in total. The maximum Gasteiger partial charge on any atom is 0.274 e. The van der Waals surface area contributed by atoms with E-state index in [1.54, 1.807) is 0 Å². The van der Waals surface area contributed by atoms with Crippen LogP contribution in [0.15, 0.2) is 0 Å². The third kappa shape index (κ3) is 3.56. The van der Waals surface area contributed by atoms with E-state index in [1.807, 2.05) is 6.92 Å². The highest BCUT2D eigenvalue weighted by molar-refractivity contribution is 5.97. The fourth-order valence-electron chi connectivity index (χ4n) is 2.78. The maximum atomic E-state index is 12.3. The maximum absolute atomic E-state index is 12.3. The van der Waals surface area contributed by atoms with Crippen molar-refractivity contribution < 1.29 is 4.79 Å². The number of rotatable bonds is 3. The Morgan fingerprint density at radius 3 is 2.52 bits per heavy atom. The average molecular weight is 293 g/mol. The van der Waals surface area contributed by atoms with Crippen LogP contribution in [0, 0.1) is 0 Å². The normalized spacial score (nSPS) is 17.9. The molecular weight excluding hydrogens is 266 g/mol. The minimum Gasteiger partial charge on any atom is -0.395 e. The Balaban J connectivity index is 1.91. The number of likely N-dealkylation sites (tertiary alicyclic amines) is 1. The molecule has 1 aliphatic rings. The average Bonchev–Trinajstić information content (AvgIpc) is 2.79. The SMILES string of the molecule is CCc1[nH]nc(C(=O)NC2CCN(C(C)(C)C)CC2)c1N. The molecule has 1 amide bonds. The summed E-state index contributed by atoms with van der Waals surface area (Å²) in [6.45, 7) is 10.7. The van der Waals surface area contributed by atoms with Gasteiger partial charge in [0, 0.05) is 24.7 Å². The van der Waals surface area contributed by atoms with Gasteiger partial charge in [-0.25, -0.2) is 0 Å². The van der Waals surface area contributed by atoms with Crippen LogP contribution in [0.25, 0.3) is 0 Å². The number of aryl methyl sites for hydroxylation is 1. The molecule has 1 aromatic rings. The fraction of sp³-hybridized carbons (Fsp3) is 0.733. The van der Waals surface area contributed by atoms with Crippen molar-refractivity contribution in [2.24, 2.45) is 0 Å². The highest BCUT2D eigenvalue weighted by Gasteiger charge is 2.28. The number of nitrogens with one attached hydrogen (secondary N) is 2. The van der Waals surface area contributed by atoms with E-state index in [-0.39, 0.29) is 17.5 Å². The van der Waals surface area contributed by atoms with Gasteiger partial charge in [0.2, 0.25) is 0 Å². The number of carbonyl (C=O) groups excluding carboxylic acids is 1. The molecule has 0 atom stereocenters. The summed E-state index contributed by atoms with van der Waals surface area (Å²) in [6, 6.07) is 0.206. The van der Waals surface area contributed by atoms with Crippen molar-refractivity contribution in [3.63, 3.8) is 0 Å². The second-order valence-electron chi connectivity index (χ2n) is 6.72. The molecule has 1 saturated heterocycles. The Morgan fingerprint density at radius 2 is 2.05 bits per heavy atom. The number of hydrogen-bond acceptors (Lipinski definition) is 4. The molecule has 0 radical (unpaired) electrons. The molecule has 2 rings (SSSR count). The van der Waals surface area contributed by atoms with Crippen LogP contribution in [0.1, 0.15) is 56.7 Å². The smallest absolute Gasteiger partial charge is 0.274 e. The van der Waals surface area contributed by atoms with Crippen molar-refractivity contribution in [2.45, 2.75) is 58.5 Å². The molecule has 0 unspecified atom stereocenters. The van der Waals surface area contributed by atoms with Gasteiger partial charge < -0.3 is 11.1 Å². The van der Waals surface area contributed by atoms with E-state index in [1.165, 1.54) is 0 Å². The Bertz CT molecular complexity index is 495. The third-order valence-electron chi connectivity index (χ3n) is 4.23. The monoisotopic (exact) mass is 293 g/mol. The van der Waals surface area contributed by atoms with E-state index >= 15 is 0 Å². The Hall–Kier alpha value is -1.56.